The number of hydrogen-bond acceptors (Lipinski definition) is 2. The number of hydrogen-bond donors (Lipinski definition) is 2. The summed E-state index contributed by atoms with van der Waals surface area (Å²) in [7, 11) is 0. The van der Waals surface area contributed by atoms with Crippen molar-refractivity contribution in [2.24, 2.45) is 0 Å². The Balaban J connectivity index is 2.56. The monoisotopic (exact) mass is 252 g/mol. The van der Waals surface area contributed by atoms with Crippen molar-refractivity contribution in [2.45, 2.75) is 0 Å². The van der Waals surface area contributed by atoms with Gasteiger partial charge in [-0.3, -0.25) is 0 Å². The zero-order valence-corrected chi connectivity index (χ0v) is 9.89. The first-order chi connectivity index (χ1) is 7.58. The standard InChI is InChI=1S/C12H10Cl2N2/c13-10-6-12(16)11(14)5-9(10)7-1-3-8(15)4-2-7/h1-6H,15-16H2. The van der Waals surface area contributed by atoms with E-state index >= 15 is 0 Å². The number of benzene rings is 2. The van der Waals surface area contributed by atoms with Crippen LogP contribution in [-0.2, 0) is 0 Å². The highest BCUT2D eigenvalue weighted by atomic mass is 35.5. The molecule has 0 atom stereocenters. The molecule has 2 nitrogen and oxygen atoms in total. The summed E-state index contributed by atoms with van der Waals surface area (Å²) in [6.45, 7) is 0. The smallest absolute Gasteiger partial charge is 0.0642 e. The second-order valence-corrected chi connectivity index (χ2v) is 4.29. The summed E-state index contributed by atoms with van der Waals surface area (Å²) in [4.78, 5) is 0. The van der Waals surface area contributed by atoms with Crippen molar-refractivity contribution in [3.8, 4) is 11.1 Å². The lowest BCUT2D eigenvalue weighted by Crippen LogP contribution is -1.89. The molecule has 4 heteroatoms. The Labute approximate surface area is 104 Å². The number of nitrogen functional groups attached to an aromatic ring is 2. The van der Waals surface area contributed by atoms with Gasteiger partial charge in [-0.1, -0.05) is 35.3 Å². The third-order valence-corrected chi connectivity index (χ3v) is 2.95. The van der Waals surface area contributed by atoms with Gasteiger partial charge >= 0.3 is 0 Å². The molecule has 0 saturated heterocycles. The molecule has 0 heterocycles. The van der Waals surface area contributed by atoms with Crippen molar-refractivity contribution in [3.05, 3.63) is 46.4 Å². The van der Waals surface area contributed by atoms with Crippen molar-refractivity contribution in [1.82, 2.24) is 0 Å². The van der Waals surface area contributed by atoms with Gasteiger partial charge in [0.05, 0.1) is 15.7 Å². The molecule has 0 bridgehead atoms. The van der Waals surface area contributed by atoms with Gasteiger partial charge in [-0.2, -0.15) is 0 Å². The fraction of sp³-hybridized carbons (Fsp3) is 0. The van der Waals surface area contributed by atoms with E-state index in [1.807, 2.05) is 24.3 Å². The number of halogens is 2. The minimum atomic E-state index is 0.478. The Morgan fingerprint density at radius 1 is 0.812 bits per heavy atom. The number of anilines is 2. The van der Waals surface area contributed by atoms with Crippen LogP contribution in [-0.4, -0.2) is 0 Å². The van der Waals surface area contributed by atoms with E-state index in [-0.39, 0.29) is 0 Å². The summed E-state index contributed by atoms with van der Waals surface area (Å²) in [5.41, 5.74) is 14.3. The molecular weight excluding hydrogens is 243 g/mol. The van der Waals surface area contributed by atoms with Gasteiger partial charge in [-0.05, 0) is 29.8 Å². The van der Waals surface area contributed by atoms with Crippen molar-refractivity contribution >= 4 is 34.6 Å². The van der Waals surface area contributed by atoms with Gasteiger partial charge in [-0.25, -0.2) is 0 Å². The van der Waals surface area contributed by atoms with Crippen LogP contribution in [0.25, 0.3) is 11.1 Å². The van der Waals surface area contributed by atoms with Gasteiger partial charge in [0.1, 0.15) is 0 Å². The van der Waals surface area contributed by atoms with E-state index in [1.165, 1.54) is 0 Å². The fourth-order valence-electron chi connectivity index (χ4n) is 1.45. The van der Waals surface area contributed by atoms with E-state index < -0.39 is 0 Å². The van der Waals surface area contributed by atoms with Crippen molar-refractivity contribution in [1.29, 1.82) is 0 Å². The van der Waals surface area contributed by atoms with Crippen LogP contribution in [0.3, 0.4) is 0 Å². The van der Waals surface area contributed by atoms with Crippen LogP contribution < -0.4 is 11.5 Å². The summed E-state index contributed by atoms with van der Waals surface area (Å²) < 4.78 is 0. The maximum Gasteiger partial charge on any atom is 0.0642 e. The maximum absolute atomic E-state index is 6.11. The molecule has 0 aliphatic heterocycles. The zero-order chi connectivity index (χ0) is 11.7. The Kier molecular flexibility index (Phi) is 2.95. The second-order valence-electron chi connectivity index (χ2n) is 3.48. The van der Waals surface area contributed by atoms with Gasteiger partial charge < -0.3 is 11.5 Å². The lowest BCUT2D eigenvalue weighted by molar-refractivity contribution is 1.60. The van der Waals surface area contributed by atoms with Gasteiger partial charge in [0.15, 0.2) is 0 Å². The summed E-state index contributed by atoms with van der Waals surface area (Å²) in [5, 5.41) is 1.07. The summed E-state index contributed by atoms with van der Waals surface area (Å²) >= 11 is 12.1. The van der Waals surface area contributed by atoms with E-state index in [9.17, 15) is 0 Å². The lowest BCUT2D eigenvalue weighted by atomic mass is 10.0. The molecule has 0 aliphatic rings. The molecule has 82 valence electrons. The van der Waals surface area contributed by atoms with E-state index in [4.69, 9.17) is 34.7 Å². The number of rotatable bonds is 1. The van der Waals surface area contributed by atoms with E-state index in [2.05, 4.69) is 0 Å². The maximum atomic E-state index is 6.11. The van der Waals surface area contributed by atoms with E-state index in [0.29, 0.717) is 21.4 Å². The predicted octanol–water partition coefficient (Wildman–Crippen LogP) is 3.82. The molecule has 0 amide bonds. The van der Waals surface area contributed by atoms with Crippen LogP contribution in [0.15, 0.2) is 36.4 Å². The van der Waals surface area contributed by atoms with Crippen LogP contribution in [0, 0.1) is 0 Å². The Bertz CT molecular complexity index is 521. The Morgan fingerprint density at radius 3 is 2.06 bits per heavy atom. The molecule has 4 N–H and O–H groups in total. The third kappa shape index (κ3) is 2.08. The third-order valence-electron chi connectivity index (χ3n) is 2.31. The first-order valence-corrected chi connectivity index (χ1v) is 5.44. The van der Waals surface area contributed by atoms with Crippen LogP contribution in [0.1, 0.15) is 0 Å². The fourth-order valence-corrected chi connectivity index (χ4v) is 1.89. The average Bonchev–Trinajstić information content (AvgIpc) is 2.25. The molecule has 0 unspecified atom stereocenters. The molecule has 2 aromatic rings. The average molecular weight is 253 g/mol. The molecule has 0 aromatic heterocycles. The topological polar surface area (TPSA) is 52.0 Å². The predicted molar refractivity (Wildman–Crippen MR) is 70.7 cm³/mol. The highest BCUT2D eigenvalue weighted by Gasteiger charge is 2.07. The quantitative estimate of drug-likeness (QED) is 0.759. The van der Waals surface area contributed by atoms with Crippen LogP contribution in [0.4, 0.5) is 11.4 Å². The molecule has 0 saturated carbocycles. The molecule has 0 fully saturated rings. The summed E-state index contributed by atoms with van der Waals surface area (Å²) in [6, 6.07) is 10.8. The van der Waals surface area contributed by atoms with Crippen molar-refractivity contribution in [3.63, 3.8) is 0 Å². The largest absolute Gasteiger partial charge is 0.399 e. The summed E-state index contributed by atoms with van der Waals surface area (Å²) in [5.74, 6) is 0. The second kappa shape index (κ2) is 4.24. The molecule has 0 radical (unpaired) electrons. The molecular formula is C12H10Cl2N2. The highest BCUT2D eigenvalue weighted by molar-refractivity contribution is 6.37. The SMILES string of the molecule is Nc1ccc(-c2cc(Cl)c(N)cc2Cl)cc1. The van der Waals surface area contributed by atoms with Crippen LogP contribution in [0.5, 0.6) is 0 Å². The first kappa shape index (κ1) is 11.1. The number of nitrogens with two attached hydrogens (primary N) is 2. The Morgan fingerprint density at radius 2 is 1.44 bits per heavy atom. The van der Waals surface area contributed by atoms with E-state index in [0.717, 1.165) is 11.1 Å². The lowest BCUT2D eigenvalue weighted by Gasteiger charge is -2.07. The van der Waals surface area contributed by atoms with E-state index in [1.54, 1.807) is 12.1 Å². The van der Waals surface area contributed by atoms with Crippen LogP contribution in [0.2, 0.25) is 10.0 Å². The van der Waals surface area contributed by atoms with Crippen LogP contribution >= 0.6 is 23.2 Å². The minimum absolute atomic E-state index is 0.478. The Hall–Kier alpha value is -1.38. The highest BCUT2D eigenvalue weighted by Crippen LogP contribution is 2.34. The van der Waals surface area contributed by atoms with Gasteiger partial charge in [-0.15, -0.1) is 0 Å². The van der Waals surface area contributed by atoms with Gasteiger partial charge in [0.2, 0.25) is 0 Å². The molecule has 16 heavy (non-hydrogen) atoms. The van der Waals surface area contributed by atoms with Crippen molar-refractivity contribution < 1.29 is 0 Å². The molecule has 2 rings (SSSR count). The molecule has 2 aromatic carbocycles. The van der Waals surface area contributed by atoms with Crippen molar-refractivity contribution in [2.75, 3.05) is 11.5 Å². The van der Waals surface area contributed by atoms with Gasteiger partial charge in [0, 0.05) is 11.3 Å². The first-order valence-electron chi connectivity index (χ1n) is 4.68. The minimum Gasteiger partial charge on any atom is -0.399 e. The molecule has 0 aliphatic carbocycles. The molecule has 0 spiro atoms. The zero-order valence-electron chi connectivity index (χ0n) is 8.37. The van der Waals surface area contributed by atoms with Gasteiger partial charge in [0.25, 0.3) is 0 Å². The summed E-state index contributed by atoms with van der Waals surface area (Å²) in [6.07, 6.45) is 0. The normalized spacial score (nSPS) is 10.4.